The number of esters is 1. The van der Waals surface area contributed by atoms with Crippen molar-refractivity contribution in [2.24, 2.45) is 10.8 Å². The molecular weight excluding hydrogens is 228 g/mol. The molecule has 0 rings (SSSR count). The average Bonchev–Trinajstić information content (AvgIpc) is 2.26. The van der Waals surface area contributed by atoms with Crippen molar-refractivity contribution < 1.29 is 14.3 Å². The molecule has 0 aliphatic rings. The van der Waals surface area contributed by atoms with E-state index in [0.717, 1.165) is 12.8 Å². The molecule has 0 aliphatic carbocycles. The van der Waals surface area contributed by atoms with Crippen LogP contribution < -0.4 is 0 Å². The highest BCUT2D eigenvalue weighted by atomic mass is 16.6. The third kappa shape index (κ3) is 6.80. The first-order valence-electron chi connectivity index (χ1n) is 6.61. The van der Waals surface area contributed by atoms with Crippen LogP contribution in [0.1, 0.15) is 47.5 Å². The molecule has 0 spiro atoms. The molecule has 0 amide bonds. The quantitative estimate of drug-likeness (QED) is 0.378. The van der Waals surface area contributed by atoms with Crippen LogP contribution in [0.4, 0.5) is 0 Å². The van der Waals surface area contributed by atoms with Crippen molar-refractivity contribution in [2.45, 2.75) is 47.5 Å². The Labute approximate surface area is 112 Å². The van der Waals surface area contributed by atoms with Crippen LogP contribution in [0.3, 0.4) is 0 Å². The van der Waals surface area contributed by atoms with E-state index < -0.39 is 5.41 Å². The second-order valence-electron chi connectivity index (χ2n) is 6.15. The topological polar surface area (TPSA) is 35.5 Å². The number of carbonyl (C=O) groups is 1. The van der Waals surface area contributed by atoms with E-state index in [1.807, 2.05) is 13.8 Å². The minimum absolute atomic E-state index is 0.114. The standard InChI is InChI=1S/C15H28O3/c1-7-9-17-10-11-18-13(16)15(6,8-2)12-14(3,4)5/h7H,1,8-12H2,2-6H3. The molecule has 0 saturated carbocycles. The van der Waals surface area contributed by atoms with Gasteiger partial charge in [0.15, 0.2) is 0 Å². The highest BCUT2D eigenvalue weighted by Crippen LogP contribution is 2.37. The third-order valence-corrected chi connectivity index (χ3v) is 2.89. The Balaban J connectivity index is 4.21. The van der Waals surface area contributed by atoms with Crippen molar-refractivity contribution in [1.29, 1.82) is 0 Å². The Morgan fingerprint density at radius 2 is 1.83 bits per heavy atom. The number of ether oxygens (including phenoxy) is 2. The van der Waals surface area contributed by atoms with Crippen LogP contribution in [0.5, 0.6) is 0 Å². The fraction of sp³-hybridized carbons (Fsp3) is 0.800. The normalized spacial score (nSPS) is 14.9. The van der Waals surface area contributed by atoms with Gasteiger partial charge in [0.1, 0.15) is 6.61 Å². The van der Waals surface area contributed by atoms with E-state index in [9.17, 15) is 4.79 Å². The lowest BCUT2D eigenvalue weighted by molar-refractivity contribution is -0.158. The van der Waals surface area contributed by atoms with Gasteiger partial charge in [-0.3, -0.25) is 4.79 Å². The molecule has 18 heavy (non-hydrogen) atoms. The SMILES string of the molecule is C=CCOCCOC(=O)C(C)(CC)CC(C)(C)C. The first-order chi connectivity index (χ1) is 8.25. The molecule has 0 aromatic rings. The zero-order valence-electron chi connectivity index (χ0n) is 12.5. The lowest BCUT2D eigenvalue weighted by atomic mass is 9.73. The van der Waals surface area contributed by atoms with Gasteiger partial charge in [-0.2, -0.15) is 0 Å². The first kappa shape index (κ1) is 17.2. The van der Waals surface area contributed by atoms with E-state index in [-0.39, 0.29) is 11.4 Å². The smallest absolute Gasteiger partial charge is 0.311 e. The van der Waals surface area contributed by atoms with E-state index in [1.165, 1.54) is 0 Å². The Hall–Kier alpha value is -0.830. The summed E-state index contributed by atoms with van der Waals surface area (Å²) in [6.45, 7) is 15.2. The summed E-state index contributed by atoms with van der Waals surface area (Å²) in [6.07, 6.45) is 3.29. The molecule has 3 nitrogen and oxygen atoms in total. The van der Waals surface area contributed by atoms with Gasteiger partial charge < -0.3 is 9.47 Å². The Morgan fingerprint density at radius 1 is 1.22 bits per heavy atom. The lowest BCUT2D eigenvalue weighted by Crippen LogP contribution is -2.34. The number of hydrogen-bond acceptors (Lipinski definition) is 3. The van der Waals surface area contributed by atoms with E-state index in [4.69, 9.17) is 9.47 Å². The van der Waals surface area contributed by atoms with E-state index in [0.29, 0.717) is 19.8 Å². The molecule has 0 fully saturated rings. The van der Waals surface area contributed by atoms with Crippen LogP contribution in [-0.4, -0.2) is 25.8 Å². The van der Waals surface area contributed by atoms with Crippen molar-refractivity contribution in [3.63, 3.8) is 0 Å². The largest absolute Gasteiger partial charge is 0.463 e. The minimum atomic E-state index is -0.406. The van der Waals surface area contributed by atoms with Crippen LogP contribution in [0, 0.1) is 10.8 Å². The summed E-state index contributed by atoms with van der Waals surface area (Å²) in [4.78, 5) is 12.1. The predicted molar refractivity (Wildman–Crippen MR) is 74.4 cm³/mol. The summed E-state index contributed by atoms with van der Waals surface area (Å²) < 4.78 is 10.5. The maximum atomic E-state index is 12.1. The summed E-state index contributed by atoms with van der Waals surface area (Å²) in [6, 6.07) is 0. The van der Waals surface area contributed by atoms with Crippen molar-refractivity contribution in [2.75, 3.05) is 19.8 Å². The molecule has 0 aromatic heterocycles. The monoisotopic (exact) mass is 256 g/mol. The molecule has 0 aromatic carbocycles. The second kappa shape index (κ2) is 7.57. The van der Waals surface area contributed by atoms with Gasteiger partial charge in [0.25, 0.3) is 0 Å². The van der Waals surface area contributed by atoms with Crippen molar-refractivity contribution >= 4 is 5.97 Å². The maximum Gasteiger partial charge on any atom is 0.311 e. The van der Waals surface area contributed by atoms with Crippen molar-refractivity contribution in [3.05, 3.63) is 12.7 Å². The minimum Gasteiger partial charge on any atom is -0.463 e. The number of carbonyl (C=O) groups excluding carboxylic acids is 1. The Morgan fingerprint density at radius 3 is 2.28 bits per heavy atom. The van der Waals surface area contributed by atoms with Crippen LogP contribution in [0.15, 0.2) is 12.7 Å². The summed E-state index contributed by atoms with van der Waals surface area (Å²) in [7, 11) is 0. The fourth-order valence-electron chi connectivity index (χ4n) is 2.05. The predicted octanol–water partition coefficient (Wildman–Crippen LogP) is 3.58. The van der Waals surface area contributed by atoms with Gasteiger partial charge >= 0.3 is 5.97 Å². The van der Waals surface area contributed by atoms with E-state index in [1.54, 1.807) is 6.08 Å². The van der Waals surface area contributed by atoms with Gasteiger partial charge in [0.05, 0.1) is 18.6 Å². The van der Waals surface area contributed by atoms with Crippen molar-refractivity contribution in [3.8, 4) is 0 Å². The van der Waals surface area contributed by atoms with Gasteiger partial charge in [0, 0.05) is 0 Å². The van der Waals surface area contributed by atoms with Crippen molar-refractivity contribution in [1.82, 2.24) is 0 Å². The number of rotatable bonds is 8. The van der Waals surface area contributed by atoms with Crippen LogP contribution in [0.25, 0.3) is 0 Å². The molecule has 0 heterocycles. The zero-order chi connectivity index (χ0) is 14.2. The summed E-state index contributed by atoms with van der Waals surface area (Å²) in [5.41, 5.74) is -0.292. The van der Waals surface area contributed by atoms with Gasteiger partial charge in [-0.25, -0.2) is 0 Å². The summed E-state index contributed by atoms with van der Waals surface area (Å²) in [5.74, 6) is -0.123. The van der Waals surface area contributed by atoms with E-state index in [2.05, 4.69) is 27.4 Å². The first-order valence-corrected chi connectivity index (χ1v) is 6.61. The Bertz CT molecular complexity index is 265. The molecule has 0 saturated heterocycles. The van der Waals surface area contributed by atoms with E-state index >= 15 is 0 Å². The van der Waals surface area contributed by atoms with Crippen LogP contribution in [0.2, 0.25) is 0 Å². The second-order valence-corrected chi connectivity index (χ2v) is 6.15. The van der Waals surface area contributed by atoms with Crippen LogP contribution in [-0.2, 0) is 14.3 Å². The van der Waals surface area contributed by atoms with Gasteiger partial charge in [-0.15, -0.1) is 6.58 Å². The molecule has 0 radical (unpaired) electrons. The Kier molecular flexibility index (Phi) is 7.22. The molecule has 3 heteroatoms. The van der Waals surface area contributed by atoms with Gasteiger partial charge in [-0.05, 0) is 25.2 Å². The average molecular weight is 256 g/mol. The highest BCUT2D eigenvalue weighted by molar-refractivity contribution is 5.76. The summed E-state index contributed by atoms with van der Waals surface area (Å²) >= 11 is 0. The molecular formula is C15H28O3. The molecule has 106 valence electrons. The van der Waals surface area contributed by atoms with Gasteiger partial charge in [0.2, 0.25) is 0 Å². The number of hydrogen-bond donors (Lipinski definition) is 0. The van der Waals surface area contributed by atoms with Gasteiger partial charge in [-0.1, -0.05) is 33.8 Å². The molecule has 0 bridgehead atoms. The molecule has 0 N–H and O–H groups in total. The molecule has 1 unspecified atom stereocenters. The molecule has 0 aliphatic heterocycles. The molecule has 1 atom stereocenters. The lowest BCUT2D eigenvalue weighted by Gasteiger charge is -2.32. The fourth-order valence-corrected chi connectivity index (χ4v) is 2.05. The zero-order valence-corrected chi connectivity index (χ0v) is 12.5. The maximum absolute atomic E-state index is 12.1. The summed E-state index contributed by atoms with van der Waals surface area (Å²) in [5, 5.41) is 0. The third-order valence-electron chi connectivity index (χ3n) is 2.89. The van der Waals surface area contributed by atoms with Crippen LogP contribution >= 0.6 is 0 Å². The highest BCUT2D eigenvalue weighted by Gasteiger charge is 2.36.